The molecule has 0 aromatic heterocycles. The minimum absolute atomic E-state index is 0.0199. The van der Waals surface area contributed by atoms with E-state index in [9.17, 15) is 19.5 Å². The normalized spacial score (nSPS) is 11.5. The Kier molecular flexibility index (Phi) is 10.6. The van der Waals surface area contributed by atoms with Crippen LogP contribution in [0.4, 0.5) is 5.69 Å². The maximum absolute atomic E-state index is 13.5. The van der Waals surface area contributed by atoms with Crippen molar-refractivity contribution < 1.29 is 19.5 Å². The average Bonchev–Trinajstić information content (AvgIpc) is 2.99. The van der Waals surface area contributed by atoms with E-state index in [1.807, 2.05) is 92.0 Å². The summed E-state index contributed by atoms with van der Waals surface area (Å²) < 4.78 is 0. The van der Waals surface area contributed by atoms with Crippen molar-refractivity contribution in [3.8, 4) is 11.1 Å². The molecule has 1 atom stereocenters. The van der Waals surface area contributed by atoms with Crippen molar-refractivity contribution in [3.63, 3.8) is 0 Å². The fourth-order valence-electron chi connectivity index (χ4n) is 4.88. The predicted octanol–water partition coefficient (Wildman–Crippen LogP) is 7.01. The Morgan fingerprint density at radius 1 is 0.833 bits per heavy atom. The van der Waals surface area contributed by atoms with Gasteiger partial charge in [-0.15, -0.1) is 0 Å². The Balaban J connectivity index is 1.72. The number of Topliss-reactive ketones (excluding diaryl/α,β-unsaturated/α-hetero) is 1. The topological polar surface area (TPSA) is 86.7 Å². The number of carbonyl (C=O) groups excluding carboxylic acids is 2. The second kappa shape index (κ2) is 14.5. The third-order valence-electron chi connectivity index (χ3n) is 7.21. The number of nitrogens with zero attached hydrogens (tertiary/aromatic N) is 1. The lowest BCUT2D eigenvalue weighted by molar-refractivity contribution is -0.139. The number of aliphatic carboxylic acids is 1. The fourth-order valence-corrected chi connectivity index (χ4v) is 5.36. The van der Waals surface area contributed by atoms with Gasteiger partial charge in [0.25, 0.3) is 5.91 Å². The summed E-state index contributed by atoms with van der Waals surface area (Å²) in [7, 11) is 0. The van der Waals surface area contributed by atoms with Crippen molar-refractivity contribution in [2.75, 3.05) is 16.9 Å². The number of nitrogens with one attached hydrogen (secondary N) is 1. The van der Waals surface area contributed by atoms with Gasteiger partial charge in [0.05, 0.1) is 0 Å². The second-order valence-corrected chi connectivity index (χ2v) is 11.3. The molecule has 0 aliphatic heterocycles. The molecular weight excluding hydrogens is 544 g/mol. The first-order valence-electron chi connectivity index (χ1n) is 13.9. The van der Waals surface area contributed by atoms with Crippen molar-refractivity contribution in [2.24, 2.45) is 0 Å². The number of hydrogen-bond acceptors (Lipinski definition) is 5. The van der Waals surface area contributed by atoms with Gasteiger partial charge >= 0.3 is 5.97 Å². The number of aryl methyl sites for hydroxylation is 1. The summed E-state index contributed by atoms with van der Waals surface area (Å²) >= 11 is 1.54. The highest BCUT2D eigenvalue weighted by molar-refractivity contribution is 7.98. The predicted molar refractivity (Wildman–Crippen MR) is 171 cm³/mol. The molecule has 1 amide bonds. The molecule has 0 spiro atoms. The van der Waals surface area contributed by atoms with E-state index in [-0.39, 0.29) is 5.78 Å². The molecule has 0 radical (unpaired) electrons. The minimum Gasteiger partial charge on any atom is -0.480 e. The van der Waals surface area contributed by atoms with Gasteiger partial charge in [-0.1, -0.05) is 60.7 Å². The summed E-state index contributed by atoms with van der Waals surface area (Å²) in [5, 5.41) is 12.4. The van der Waals surface area contributed by atoms with Crippen LogP contribution < -0.4 is 10.2 Å². The molecule has 42 heavy (non-hydrogen) atoms. The lowest BCUT2D eigenvalue weighted by atomic mass is 9.93. The first kappa shape index (κ1) is 30.6. The van der Waals surface area contributed by atoms with Gasteiger partial charge in [-0.25, -0.2) is 4.79 Å². The lowest BCUT2D eigenvalue weighted by Crippen LogP contribution is -2.41. The molecule has 0 saturated carbocycles. The van der Waals surface area contributed by atoms with Crippen LogP contribution in [0.25, 0.3) is 11.1 Å². The van der Waals surface area contributed by atoms with Crippen LogP contribution in [0.3, 0.4) is 0 Å². The van der Waals surface area contributed by atoms with Crippen LogP contribution in [0.2, 0.25) is 0 Å². The number of anilines is 1. The molecule has 0 saturated heterocycles. The van der Waals surface area contributed by atoms with Gasteiger partial charge in [-0.3, -0.25) is 9.59 Å². The van der Waals surface area contributed by atoms with Crippen LogP contribution in [-0.4, -0.2) is 40.8 Å². The number of hydrogen-bond donors (Lipinski definition) is 2. The summed E-state index contributed by atoms with van der Waals surface area (Å²) in [5.74, 6) is -0.801. The number of benzene rings is 4. The van der Waals surface area contributed by atoms with Crippen molar-refractivity contribution in [1.29, 1.82) is 0 Å². The van der Waals surface area contributed by atoms with E-state index in [1.54, 1.807) is 24.8 Å². The smallest absolute Gasteiger partial charge is 0.326 e. The third-order valence-corrected chi connectivity index (χ3v) is 7.85. The van der Waals surface area contributed by atoms with Crippen LogP contribution in [-0.2, 0) is 17.9 Å². The number of thioether (sulfide) groups is 1. The molecule has 7 heteroatoms. The Hall–Kier alpha value is -4.36. The molecule has 0 aliphatic rings. The number of amides is 1. The van der Waals surface area contributed by atoms with Gasteiger partial charge in [-0.2, -0.15) is 11.8 Å². The zero-order chi connectivity index (χ0) is 30.1. The highest BCUT2D eigenvalue weighted by Gasteiger charge is 2.23. The largest absolute Gasteiger partial charge is 0.480 e. The molecule has 4 aromatic carbocycles. The number of carbonyl (C=O) groups is 3. The van der Waals surface area contributed by atoms with Crippen molar-refractivity contribution in [1.82, 2.24) is 5.32 Å². The number of carboxylic acid groups (broad SMARTS) is 1. The molecular formula is C35H36N2O4S. The first-order valence-corrected chi connectivity index (χ1v) is 15.3. The van der Waals surface area contributed by atoms with Gasteiger partial charge in [0.1, 0.15) is 6.04 Å². The summed E-state index contributed by atoms with van der Waals surface area (Å²) in [5.41, 5.74) is 6.89. The van der Waals surface area contributed by atoms with E-state index >= 15 is 0 Å². The van der Waals surface area contributed by atoms with Crippen molar-refractivity contribution in [3.05, 3.63) is 125 Å². The van der Waals surface area contributed by atoms with E-state index < -0.39 is 17.9 Å². The number of ketones is 1. The van der Waals surface area contributed by atoms with Gasteiger partial charge < -0.3 is 15.3 Å². The standard InChI is InChI=1S/C35H36N2O4S/c1-24-9-7-8-12-30(24)32-21-27(13-18-31(32)34(39)36-33(35(40)41)19-20-42-3)23-37(22-26-10-5-4-6-11-26)29-16-14-28(15-17-29)25(2)38/h4-18,21,33H,19-20,22-23H2,1-3H3,(H,36,39)(H,40,41)/t33-/m0/s1. The quantitative estimate of drug-likeness (QED) is 0.166. The third kappa shape index (κ3) is 7.89. The zero-order valence-electron chi connectivity index (χ0n) is 24.2. The molecule has 4 rings (SSSR count). The molecule has 2 N–H and O–H groups in total. The summed E-state index contributed by atoms with van der Waals surface area (Å²) in [6, 6.07) is 30.5. The number of rotatable bonds is 13. The van der Waals surface area contributed by atoms with Gasteiger partial charge in [0.2, 0.25) is 0 Å². The fraction of sp³-hybridized carbons (Fsp3) is 0.229. The van der Waals surface area contributed by atoms with Crippen LogP contribution >= 0.6 is 11.8 Å². The first-order chi connectivity index (χ1) is 20.3. The van der Waals surface area contributed by atoms with Crippen LogP contribution in [0, 0.1) is 6.92 Å². The SMILES string of the molecule is CSCC[C@H](NC(=O)c1ccc(CN(Cc2ccccc2)c2ccc(C(C)=O)cc2)cc1-c1ccccc1C)C(=O)O. The molecule has 6 nitrogen and oxygen atoms in total. The second-order valence-electron chi connectivity index (χ2n) is 10.3. The average molecular weight is 581 g/mol. The Bertz CT molecular complexity index is 1540. The van der Waals surface area contributed by atoms with Gasteiger partial charge in [0, 0.05) is 29.9 Å². The molecule has 216 valence electrons. The van der Waals surface area contributed by atoms with Crippen molar-refractivity contribution >= 4 is 35.1 Å². The van der Waals surface area contributed by atoms with Crippen LogP contribution in [0.15, 0.2) is 97.1 Å². The van der Waals surface area contributed by atoms with E-state index in [4.69, 9.17) is 0 Å². The summed E-state index contributed by atoms with van der Waals surface area (Å²) in [4.78, 5) is 39.4. The van der Waals surface area contributed by atoms with Gasteiger partial charge in [-0.05, 0) is 96.5 Å². The Labute approximate surface area is 251 Å². The van der Waals surface area contributed by atoms with E-state index in [2.05, 4.69) is 22.3 Å². The summed E-state index contributed by atoms with van der Waals surface area (Å²) in [6.45, 7) is 4.77. The van der Waals surface area contributed by atoms with Crippen LogP contribution in [0.1, 0.15) is 50.8 Å². The maximum Gasteiger partial charge on any atom is 0.326 e. The minimum atomic E-state index is -1.04. The molecule has 0 heterocycles. The van der Waals surface area contributed by atoms with E-state index in [0.717, 1.165) is 33.5 Å². The van der Waals surface area contributed by atoms with Crippen LogP contribution in [0.5, 0.6) is 0 Å². The molecule has 0 unspecified atom stereocenters. The molecule has 0 aliphatic carbocycles. The zero-order valence-corrected chi connectivity index (χ0v) is 25.0. The molecule has 0 fully saturated rings. The van der Waals surface area contributed by atoms with Gasteiger partial charge in [0.15, 0.2) is 5.78 Å². The number of carboxylic acids is 1. The highest BCUT2D eigenvalue weighted by Crippen LogP contribution is 2.30. The van der Waals surface area contributed by atoms with Crippen molar-refractivity contribution in [2.45, 2.75) is 39.4 Å². The van der Waals surface area contributed by atoms with E-state index in [0.29, 0.717) is 36.4 Å². The maximum atomic E-state index is 13.5. The monoisotopic (exact) mass is 580 g/mol. The Morgan fingerprint density at radius 3 is 2.14 bits per heavy atom. The molecule has 4 aromatic rings. The Morgan fingerprint density at radius 2 is 1.50 bits per heavy atom. The summed E-state index contributed by atoms with van der Waals surface area (Å²) in [6.07, 6.45) is 2.26. The molecule has 0 bridgehead atoms. The highest BCUT2D eigenvalue weighted by atomic mass is 32.2. The van der Waals surface area contributed by atoms with E-state index in [1.165, 1.54) is 0 Å². The lowest BCUT2D eigenvalue weighted by Gasteiger charge is -2.26.